The van der Waals surface area contributed by atoms with E-state index in [-0.39, 0.29) is 17.4 Å². The van der Waals surface area contributed by atoms with Crippen molar-refractivity contribution in [3.8, 4) is 5.69 Å². The van der Waals surface area contributed by atoms with Crippen molar-refractivity contribution >= 4 is 11.6 Å². The zero-order valence-corrected chi connectivity index (χ0v) is 16.7. The predicted octanol–water partition coefficient (Wildman–Crippen LogP) is 2.26. The van der Waals surface area contributed by atoms with Gasteiger partial charge in [0.2, 0.25) is 0 Å². The molecule has 8 nitrogen and oxygen atoms in total. The van der Waals surface area contributed by atoms with Crippen LogP contribution in [0.3, 0.4) is 0 Å². The lowest BCUT2D eigenvalue weighted by Crippen LogP contribution is -2.28. The average molecular weight is 408 g/mol. The first-order valence-corrected chi connectivity index (χ1v) is 9.60. The minimum absolute atomic E-state index is 0.204. The van der Waals surface area contributed by atoms with Gasteiger partial charge in [-0.25, -0.2) is 18.5 Å². The Bertz CT molecular complexity index is 1270. The van der Waals surface area contributed by atoms with Crippen molar-refractivity contribution in [2.24, 2.45) is 0 Å². The minimum atomic E-state index is -0.331. The summed E-state index contributed by atoms with van der Waals surface area (Å²) in [6, 6.07) is 11.3. The van der Waals surface area contributed by atoms with Gasteiger partial charge >= 0.3 is 5.69 Å². The average Bonchev–Trinajstić information content (AvgIpc) is 3.22. The third-order valence-corrected chi connectivity index (χ3v) is 4.91. The maximum Gasteiger partial charge on any atom is 0.350 e. The zero-order valence-electron chi connectivity index (χ0n) is 16.7. The molecule has 0 radical (unpaired) electrons. The molecule has 1 N–H and O–H groups in total. The van der Waals surface area contributed by atoms with Crippen LogP contribution in [-0.2, 0) is 6.54 Å². The molecule has 3 aromatic heterocycles. The van der Waals surface area contributed by atoms with Crippen LogP contribution in [0, 0.1) is 19.7 Å². The number of carbonyl (C=O) groups excluding carboxylic acids is 1. The Morgan fingerprint density at radius 1 is 1.10 bits per heavy atom. The maximum absolute atomic E-state index is 13.2. The molecule has 1 aromatic carbocycles. The quantitative estimate of drug-likeness (QED) is 0.496. The predicted molar refractivity (Wildman–Crippen MR) is 109 cm³/mol. The number of benzene rings is 1. The first kappa shape index (κ1) is 19.6. The van der Waals surface area contributed by atoms with Crippen molar-refractivity contribution in [1.82, 2.24) is 29.3 Å². The molecule has 30 heavy (non-hydrogen) atoms. The van der Waals surface area contributed by atoms with Crippen molar-refractivity contribution in [3.05, 3.63) is 81.9 Å². The highest BCUT2D eigenvalue weighted by molar-refractivity contribution is 5.96. The van der Waals surface area contributed by atoms with E-state index in [1.54, 1.807) is 49.0 Å². The van der Waals surface area contributed by atoms with Crippen LogP contribution in [0.5, 0.6) is 0 Å². The van der Waals surface area contributed by atoms with E-state index in [0.29, 0.717) is 47.8 Å². The third-order valence-electron chi connectivity index (χ3n) is 4.91. The Morgan fingerprint density at radius 3 is 2.60 bits per heavy atom. The van der Waals surface area contributed by atoms with Gasteiger partial charge in [-0.3, -0.25) is 9.20 Å². The number of halogens is 1. The topological polar surface area (TPSA) is 86.2 Å². The zero-order chi connectivity index (χ0) is 21.3. The van der Waals surface area contributed by atoms with Gasteiger partial charge in [-0.2, -0.15) is 5.10 Å². The largest absolute Gasteiger partial charge is 0.352 e. The minimum Gasteiger partial charge on any atom is -0.352 e. The Hall–Kier alpha value is -3.75. The van der Waals surface area contributed by atoms with E-state index in [4.69, 9.17) is 0 Å². The Balaban J connectivity index is 1.41. The van der Waals surface area contributed by atoms with E-state index >= 15 is 0 Å². The monoisotopic (exact) mass is 408 g/mol. The number of aromatic nitrogens is 5. The lowest BCUT2D eigenvalue weighted by atomic mass is 10.2. The number of carbonyl (C=O) groups is 1. The summed E-state index contributed by atoms with van der Waals surface area (Å²) in [5, 5.41) is 11.6. The molecule has 4 aromatic rings. The number of hydrogen-bond acceptors (Lipinski definition) is 4. The molecule has 3 heterocycles. The fraction of sp³-hybridized carbons (Fsp3) is 0.238. The molecule has 0 fully saturated rings. The molecule has 0 aliphatic rings. The molecule has 0 aliphatic heterocycles. The molecule has 0 bridgehead atoms. The van der Waals surface area contributed by atoms with Crippen molar-refractivity contribution in [2.45, 2.75) is 26.8 Å². The van der Waals surface area contributed by atoms with Gasteiger partial charge in [0.25, 0.3) is 5.91 Å². The number of fused-ring (bicyclic) bond motifs is 1. The fourth-order valence-electron chi connectivity index (χ4n) is 3.44. The summed E-state index contributed by atoms with van der Waals surface area (Å²) in [6.07, 6.45) is 2.23. The lowest BCUT2D eigenvalue weighted by molar-refractivity contribution is 0.0951. The van der Waals surface area contributed by atoms with Gasteiger partial charge in [-0.05, 0) is 56.7 Å². The molecule has 4 rings (SSSR count). The van der Waals surface area contributed by atoms with E-state index in [1.807, 2.05) is 6.07 Å². The van der Waals surface area contributed by atoms with Crippen LogP contribution < -0.4 is 11.0 Å². The molecule has 0 unspecified atom stereocenters. The van der Waals surface area contributed by atoms with Crippen LogP contribution >= 0.6 is 0 Å². The molecule has 1 amide bonds. The number of hydrogen-bond donors (Lipinski definition) is 1. The normalized spacial score (nSPS) is 11.2. The van der Waals surface area contributed by atoms with Crippen LogP contribution in [0.2, 0.25) is 0 Å². The van der Waals surface area contributed by atoms with Gasteiger partial charge in [0.05, 0.1) is 22.6 Å². The van der Waals surface area contributed by atoms with Crippen LogP contribution in [0.25, 0.3) is 11.3 Å². The molecule has 0 aliphatic carbocycles. The summed E-state index contributed by atoms with van der Waals surface area (Å²) in [7, 11) is 0. The van der Waals surface area contributed by atoms with Gasteiger partial charge in [0.15, 0.2) is 5.65 Å². The molecule has 9 heteroatoms. The molecule has 0 saturated heterocycles. The molecule has 154 valence electrons. The number of aryl methyl sites for hydroxylation is 2. The summed E-state index contributed by atoms with van der Waals surface area (Å²) in [6.45, 7) is 4.35. The first-order valence-electron chi connectivity index (χ1n) is 9.60. The Morgan fingerprint density at radius 2 is 1.87 bits per heavy atom. The summed E-state index contributed by atoms with van der Waals surface area (Å²) in [4.78, 5) is 25.0. The first-order chi connectivity index (χ1) is 14.5. The second kappa shape index (κ2) is 7.94. The van der Waals surface area contributed by atoms with Crippen LogP contribution in [0.4, 0.5) is 4.39 Å². The van der Waals surface area contributed by atoms with E-state index in [9.17, 15) is 14.0 Å². The second-order valence-corrected chi connectivity index (χ2v) is 6.98. The van der Waals surface area contributed by atoms with Gasteiger partial charge in [-0.15, -0.1) is 5.10 Å². The highest BCUT2D eigenvalue weighted by Crippen LogP contribution is 2.18. The Labute approximate surface area is 171 Å². The number of pyridine rings is 1. The van der Waals surface area contributed by atoms with Crippen LogP contribution in [0.1, 0.15) is 28.2 Å². The third kappa shape index (κ3) is 3.61. The van der Waals surface area contributed by atoms with Crippen molar-refractivity contribution in [1.29, 1.82) is 0 Å². The van der Waals surface area contributed by atoms with E-state index in [2.05, 4.69) is 15.5 Å². The summed E-state index contributed by atoms with van der Waals surface area (Å²) in [5.41, 5.74) is 2.82. The van der Waals surface area contributed by atoms with Crippen molar-refractivity contribution in [3.63, 3.8) is 0 Å². The van der Waals surface area contributed by atoms with Crippen molar-refractivity contribution < 1.29 is 9.18 Å². The highest BCUT2D eigenvalue weighted by Gasteiger charge is 2.19. The number of rotatable bonds is 6. The van der Waals surface area contributed by atoms with E-state index in [0.717, 1.165) is 0 Å². The summed E-state index contributed by atoms with van der Waals surface area (Å²) in [5.74, 6) is -0.566. The Kier molecular flexibility index (Phi) is 5.18. The SMILES string of the molecule is Cc1nn(-c2ccc(F)cc2)c(C)c1C(=O)NCCCn1nc2ccccn2c1=O. The fourth-order valence-corrected chi connectivity index (χ4v) is 3.44. The van der Waals surface area contributed by atoms with E-state index < -0.39 is 0 Å². The number of amides is 1. The second-order valence-electron chi connectivity index (χ2n) is 6.98. The molecule has 0 saturated carbocycles. The van der Waals surface area contributed by atoms with Gasteiger partial charge in [-0.1, -0.05) is 6.07 Å². The number of nitrogens with one attached hydrogen (secondary N) is 1. The number of nitrogens with zero attached hydrogens (tertiary/aromatic N) is 5. The van der Waals surface area contributed by atoms with Crippen molar-refractivity contribution in [2.75, 3.05) is 6.54 Å². The van der Waals surface area contributed by atoms with Crippen LogP contribution in [-0.4, -0.2) is 36.4 Å². The molecule has 0 spiro atoms. The maximum atomic E-state index is 13.2. The van der Waals surface area contributed by atoms with E-state index in [1.165, 1.54) is 21.2 Å². The highest BCUT2D eigenvalue weighted by atomic mass is 19.1. The molecular formula is C21H21FN6O2. The lowest BCUT2D eigenvalue weighted by Gasteiger charge is -2.07. The van der Waals surface area contributed by atoms with Crippen LogP contribution in [0.15, 0.2) is 53.5 Å². The summed E-state index contributed by atoms with van der Waals surface area (Å²) >= 11 is 0. The van der Waals surface area contributed by atoms with Gasteiger partial charge in [0.1, 0.15) is 5.82 Å². The van der Waals surface area contributed by atoms with Gasteiger partial charge < -0.3 is 5.32 Å². The standard InChI is InChI=1S/C21H21FN6O2/c1-14-19(15(2)28(24-14)17-9-7-16(22)8-10-17)20(29)23-11-5-13-27-21(30)26-12-4-3-6-18(26)25-27/h3-4,6-10,12H,5,11,13H2,1-2H3,(H,23,29). The molecular weight excluding hydrogens is 387 g/mol. The smallest absolute Gasteiger partial charge is 0.350 e. The molecule has 0 atom stereocenters. The van der Waals surface area contributed by atoms with Gasteiger partial charge in [0, 0.05) is 19.3 Å². The summed E-state index contributed by atoms with van der Waals surface area (Å²) < 4.78 is 17.7.